The van der Waals surface area contributed by atoms with Crippen molar-refractivity contribution in [2.75, 3.05) is 23.7 Å². The summed E-state index contributed by atoms with van der Waals surface area (Å²) in [6, 6.07) is 14.6. The lowest BCUT2D eigenvalue weighted by Gasteiger charge is -2.09. The Morgan fingerprint density at radius 1 is 0.970 bits per heavy atom. The van der Waals surface area contributed by atoms with E-state index in [1.807, 2.05) is 31.2 Å². The number of aryl methyl sites for hydroxylation is 2. The van der Waals surface area contributed by atoms with Crippen LogP contribution in [0.3, 0.4) is 0 Å². The Kier molecular flexibility index (Phi) is 6.80. The van der Waals surface area contributed by atoms with Crippen LogP contribution in [-0.4, -0.2) is 39.3 Å². The summed E-state index contributed by atoms with van der Waals surface area (Å²) in [6.07, 6.45) is 1.78. The van der Waals surface area contributed by atoms with Crippen LogP contribution in [0.5, 0.6) is 0 Å². The predicted molar refractivity (Wildman–Crippen MR) is 127 cm³/mol. The summed E-state index contributed by atoms with van der Waals surface area (Å²) in [5.74, 6) is 2.00. The van der Waals surface area contributed by atoms with Crippen molar-refractivity contribution < 1.29 is 9.32 Å². The highest BCUT2D eigenvalue weighted by atomic mass is 35.5. The molecule has 9 nitrogen and oxygen atoms in total. The Hall–Kier alpha value is -3.98. The van der Waals surface area contributed by atoms with Gasteiger partial charge in [-0.2, -0.15) is 0 Å². The molecule has 168 valence electrons. The molecule has 0 saturated heterocycles. The second kappa shape index (κ2) is 10.1. The van der Waals surface area contributed by atoms with Crippen LogP contribution >= 0.6 is 11.6 Å². The molecule has 0 aliphatic rings. The van der Waals surface area contributed by atoms with Gasteiger partial charge in [0.05, 0.1) is 5.02 Å². The van der Waals surface area contributed by atoms with Gasteiger partial charge >= 0.3 is 0 Å². The molecule has 3 heterocycles. The quantitative estimate of drug-likeness (QED) is 0.329. The third-order valence-corrected chi connectivity index (χ3v) is 5.10. The summed E-state index contributed by atoms with van der Waals surface area (Å²) in [6.45, 7) is 4.49. The molecule has 0 radical (unpaired) electrons. The van der Waals surface area contributed by atoms with Crippen LogP contribution < -0.4 is 16.0 Å². The average Bonchev–Trinajstić information content (AvgIpc) is 3.20. The van der Waals surface area contributed by atoms with E-state index in [1.165, 1.54) is 0 Å². The molecule has 0 aliphatic heterocycles. The highest BCUT2D eigenvalue weighted by Crippen LogP contribution is 2.30. The molecule has 0 fully saturated rings. The lowest BCUT2D eigenvalue weighted by atomic mass is 10.1. The zero-order chi connectivity index (χ0) is 23.2. The van der Waals surface area contributed by atoms with Crippen molar-refractivity contribution in [2.45, 2.75) is 13.8 Å². The van der Waals surface area contributed by atoms with E-state index in [-0.39, 0.29) is 5.91 Å². The van der Waals surface area contributed by atoms with E-state index < -0.39 is 0 Å². The Labute approximate surface area is 195 Å². The molecular weight excluding hydrogens is 442 g/mol. The number of hydrogen-bond acceptors (Lipinski definition) is 8. The predicted octanol–water partition coefficient (Wildman–Crippen LogP) is 4.38. The van der Waals surface area contributed by atoms with Crippen LogP contribution in [0.2, 0.25) is 5.02 Å². The molecule has 4 aromatic rings. The summed E-state index contributed by atoms with van der Waals surface area (Å²) in [5, 5.41) is 21.9. The summed E-state index contributed by atoms with van der Waals surface area (Å²) >= 11 is 6.26. The molecule has 1 amide bonds. The van der Waals surface area contributed by atoms with E-state index in [2.05, 4.69) is 36.3 Å². The van der Waals surface area contributed by atoms with Crippen LogP contribution in [0, 0.1) is 13.8 Å². The molecule has 0 bridgehead atoms. The van der Waals surface area contributed by atoms with Crippen molar-refractivity contribution in [3.05, 3.63) is 76.6 Å². The fraction of sp³-hybridized carbons (Fsp3) is 0.174. The third-order valence-electron chi connectivity index (χ3n) is 4.77. The van der Waals surface area contributed by atoms with E-state index >= 15 is 0 Å². The standard InChI is InChI=1S/C23H22ClN7O2/c1-14-7-8-18(27-13-14)28-20-10-9-19(29-30-20)25-11-12-26-23(32)21-15(2)33-31-22(21)16-5-3-4-6-17(16)24/h3-10,13H,11-12H2,1-2H3,(H,25,29)(H,26,32)(H,27,28,30). The molecule has 0 spiro atoms. The number of carbonyl (C=O) groups is 1. The number of amides is 1. The molecule has 4 rings (SSSR count). The summed E-state index contributed by atoms with van der Waals surface area (Å²) in [7, 11) is 0. The second-order valence-electron chi connectivity index (χ2n) is 7.27. The van der Waals surface area contributed by atoms with Crippen LogP contribution in [0.4, 0.5) is 17.5 Å². The van der Waals surface area contributed by atoms with Gasteiger partial charge in [-0.05, 0) is 43.7 Å². The Bertz CT molecular complexity index is 1240. The van der Waals surface area contributed by atoms with Crippen LogP contribution in [0.1, 0.15) is 21.7 Å². The number of aromatic nitrogens is 4. The van der Waals surface area contributed by atoms with E-state index in [1.54, 1.807) is 37.4 Å². The van der Waals surface area contributed by atoms with Crippen molar-refractivity contribution >= 4 is 35.0 Å². The van der Waals surface area contributed by atoms with Crippen LogP contribution in [-0.2, 0) is 0 Å². The number of carbonyl (C=O) groups excluding carboxylic acids is 1. The van der Waals surface area contributed by atoms with Gasteiger partial charge < -0.3 is 20.5 Å². The number of anilines is 3. The minimum absolute atomic E-state index is 0.290. The van der Waals surface area contributed by atoms with Gasteiger partial charge in [0.25, 0.3) is 5.91 Å². The first kappa shape index (κ1) is 22.2. The topological polar surface area (TPSA) is 118 Å². The van der Waals surface area contributed by atoms with Gasteiger partial charge in [-0.1, -0.05) is 41.0 Å². The fourth-order valence-electron chi connectivity index (χ4n) is 3.10. The highest BCUT2D eigenvalue weighted by Gasteiger charge is 2.22. The van der Waals surface area contributed by atoms with E-state index in [4.69, 9.17) is 16.1 Å². The monoisotopic (exact) mass is 463 g/mol. The smallest absolute Gasteiger partial charge is 0.257 e. The number of hydrogen-bond donors (Lipinski definition) is 3. The average molecular weight is 464 g/mol. The summed E-state index contributed by atoms with van der Waals surface area (Å²) in [4.78, 5) is 17.0. The van der Waals surface area contributed by atoms with Crippen LogP contribution in [0.15, 0.2) is 59.3 Å². The normalized spacial score (nSPS) is 10.6. The molecule has 3 N–H and O–H groups in total. The zero-order valence-electron chi connectivity index (χ0n) is 18.1. The van der Waals surface area contributed by atoms with Crippen molar-refractivity contribution in [3.63, 3.8) is 0 Å². The van der Waals surface area contributed by atoms with Gasteiger partial charge in [0.1, 0.15) is 28.7 Å². The second-order valence-corrected chi connectivity index (χ2v) is 7.68. The Morgan fingerprint density at radius 2 is 1.73 bits per heavy atom. The van der Waals surface area contributed by atoms with Crippen molar-refractivity contribution in [3.8, 4) is 11.3 Å². The first-order valence-electron chi connectivity index (χ1n) is 10.3. The minimum atomic E-state index is -0.290. The van der Waals surface area contributed by atoms with Gasteiger partial charge in [-0.15, -0.1) is 10.2 Å². The van der Waals surface area contributed by atoms with E-state index in [0.29, 0.717) is 58.1 Å². The highest BCUT2D eigenvalue weighted by molar-refractivity contribution is 6.33. The molecule has 0 atom stereocenters. The maximum absolute atomic E-state index is 12.8. The van der Waals surface area contributed by atoms with Crippen molar-refractivity contribution in [1.82, 2.24) is 25.7 Å². The lowest BCUT2D eigenvalue weighted by molar-refractivity contribution is 0.0954. The molecular formula is C23H22ClN7O2. The lowest BCUT2D eigenvalue weighted by Crippen LogP contribution is -2.29. The fourth-order valence-corrected chi connectivity index (χ4v) is 3.32. The SMILES string of the molecule is Cc1ccc(Nc2ccc(NCCNC(=O)c3c(-c4ccccc4Cl)noc3C)nn2)nc1. The number of rotatable bonds is 8. The maximum atomic E-state index is 12.8. The number of nitrogens with one attached hydrogen (secondary N) is 3. The van der Waals surface area contributed by atoms with Gasteiger partial charge in [0.2, 0.25) is 0 Å². The molecule has 33 heavy (non-hydrogen) atoms. The number of pyridine rings is 1. The Morgan fingerprint density at radius 3 is 2.45 bits per heavy atom. The van der Waals surface area contributed by atoms with Gasteiger partial charge in [0.15, 0.2) is 5.82 Å². The van der Waals surface area contributed by atoms with Gasteiger partial charge in [0, 0.05) is 24.8 Å². The first-order valence-corrected chi connectivity index (χ1v) is 10.7. The molecule has 0 unspecified atom stereocenters. The molecule has 0 aliphatic carbocycles. The summed E-state index contributed by atoms with van der Waals surface area (Å²) < 4.78 is 5.25. The molecule has 0 saturated carbocycles. The van der Waals surface area contributed by atoms with Gasteiger partial charge in [-0.3, -0.25) is 4.79 Å². The maximum Gasteiger partial charge on any atom is 0.257 e. The van der Waals surface area contributed by atoms with Crippen molar-refractivity contribution in [1.29, 1.82) is 0 Å². The minimum Gasteiger partial charge on any atom is -0.367 e. The molecule has 1 aromatic carbocycles. The first-order chi connectivity index (χ1) is 16.0. The number of halogens is 1. The number of nitrogens with zero attached hydrogens (tertiary/aromatic N) is 4. The third kappa shape index (κ3) is 5.45. The van der Waals surface area contributed by atoms with Crippen molar-refractivity contribution in [2.24, 2.45) is 0 Å². The largest absolute Gasteiger partial charge is 0.367 e. The summed E-state index contributed by atoms with van der Waals surface area (Å²) in [5.41, 5.74) is 2.50. The molecule has 3 aromatic heterocycles. The Balaban J connectivity index is 1.30. The van der Waals surface area contributed by atoms with Crippen LogP contribution in [0.25, 0.3) is 11.3 Å². The number of benzene rings is 1. The van der Waals surface area contributed by atoms with E-state index in [0.717, 1.165) is 5.56 Å². The van der Waals surface area contributed by atoms with E-state index in [9.17, 15) is 4.79 Å². The van der Waals surface area contributed by atoms with Gasteiger partial charge in [-0.25, -0.2) is 4.98 Å². The zero-order valence-corrected chi connectivity index (χ0v) is 18.8. The molecule has 10 heteroatoms.